The molecule has 1 saturated heterocycles. The molecule has 1 saturated carbocycles. The second-order valence-corrected chi connectivity index (χ2v) is 5.75. The molecule has 2 aliphatic carbocycles. The molecule has 2 fully saturated rings. The molecule has 100 valence electrons. The molecule has 0 aromatic carbocycles. The van der Waals surface area contributed by atoms with Gasteiger partial charge in [-0.15, -0.1) is 13.2 Å². The van der Waals surface area contributed by atoms with Crippen molar-refractivity contribution in [3.63, 3.8) is 0 Å². The Morgan fingerprint density at radius 3 is 2.00 bits per heavy atom. The third-order valence-corrected chi connectivity index (χ3v) is 4.75. The molecule has 3 aliphatic rings. The first-order chi connectivity index (χ1) is 9.19. The summed E-state index contributed by atoms with van der Waals surface area (Å²) in [5, 5.41) is 0. The summed E-state index contributed by atoms with van der Waals surface area (Å²) in [6, 6.07) is -0.0972. The molecule has 1 aliphatic heterocycles. The molecule has 4 unspecified atom stereocenters. The Labute approximate surface area is 113 Å². The average Bonchev–Trinajstić information content (AvgIpc) is 3.04. The molecule has 2 amide bonds. The maximum absolute atomic E-state index is 12.6. The van der Waals surface area contributed by atoms with Gasteiger partial charge in [-0.3, -0.25) is 14.5 Å². The van der Waals surface area contributed by atoms with E-state index in [1.165, 1.54) is 4.90 Å². The van der Waals surface area contributed by atoms with E-state index in [4.69, 9.17) is 0 Å². The highest BCUT2D eigenvalue weighted by Crippen LogP contribution is 2.53. The molecule has 0 aromatic rings. The highest BCUT2D eigenvalue weighted by molar-refractivity contribution is 6.06. The Balaban J connectivity index is 1.88. The second kappa shape index (κ2) is 4.48. The number of carbonyl (C=O) groups is 2. The van der Waals surface area contributed by atoms with E-state index in [1.807, 2.05) is 0 Å². The minimum atomic E-state index is -0.0976. The van der Waals surface area contributed by atoms with Crippen LogP contribution >= 0.6 is 0 Å². The number of carbonyl (C=O) groups excluding carboxylic acids is 2. The Morgan fingerprint density at radius 1 is 1.11 bits per heavy atom. The van der Waals surface area contributed by atoms with E-state index in [0.717, 1.165) is 6.42 Å². The average molecular weight is 257 g/mol. The molecular weight excluding hydrogens is 238 g/mol. The lowest BCUT2D eigenvalue weighted by Crippen LogP contribution is -2.41. The zero-order valence-corrected chi connectivity index (χ0v) is 11.0. The fourth-order valence-corrected chi connectivity index (χ4v) is 3.98. The zero-order chi connectivity index (χ0) is 13.6. The Morgan fingerprint density at radius 2 is 1.58 bits per heavy atom. The lowest BCUT2D eigenvalue weighted by Gasteiger charge is -2.26. The van der Waals surface area contributed by atoms with E-state index in [-0.39, 0.29) is 41.5 Å². The first-order valence-electron chi connectivity index (χ1n) is 6.96. The predicted molar refractivity (Wildman–Crippen MR) is 73.0 cm³/mol. The van der Waals surface area contributed by atoms with Crippen LogP contribution < -0.4 is 0 Å². The van der Waals surface area contributed by atoms with Gasteiger partial charge in [0.25, 0.3) is 0 Å². The van der Waals surface area contributed by atoms with E-state index in [0.29, 0.717) is 12.8 Å². The monoisotopic (exact) mass is 257 g/mol. The van der Waals surface area contributed by atoms with Crippen LogP contribution in [0.15, 0.2) is 37.5 Å². The number of nitrogens with zero attached hydrogens (tertiary/aromatic N) is 1. The van der Waals surface area contributed by atoms with Gasteiger partial charge in [0.1, 0.15) is 0 Å². The molecule has 0 N–H and O–H groups in total. The number of hydrogen-bond acceptors (Lipinski definition) is 2. The lowest BCUT2D eigenvalue weighted by molar-refractivity contribution is -0.143. The van der Waals surface area contributed by atoms with Crippen LogP contribution in [0.4, 0.5) is 0 Å². The van der Waals surface area contributed by atoms with Crippen LogP contribution in [0.25, 0.3) is 0 Å². The lowest BCUT2D eigenvalue weighted by atomic mass is 9.85. The molecule has 3 rings (SSSR count). The highest BCUT2D eigenvalue weighted by atomic mass is 16.2. The predicted octanol–water partition coefficient (Wildman–Crippen LogP) is 2.31. The third-order valence-electron chi connectivity index (χ3n) is 4.75. The summed E-state index contributed by atoms with van der Waals surface area (Å²) in [4.78, 5) is 26.7. The van der Waals surface area contributed by atoms with Crippen molar-refractivity contribution in [3.8, 4) is 0 Å². The van der Waals surface area contributed by atoms with Gasteiger partial charge in [-0.25, -0.2) is 0 Å². The van der Waals surface area contributed by atoms with Crippen molar-refractivity contribution in [1.29, 1.82) is 0 Å². The molecule has 3 nitrogen and oxygen atoms in total. The summed E-state index contributed by atoms with van der Waals surface area (Å²) in [7, 11) is 0. The van der Waals surface area contributed by atoms with E-state index >= 15 is 0 Å². The van der Waals surface area contributed by atoms with Crippen molar-refractivity contribution in [2.24, 2.45) is 23.7 Å². The van der Waals surface area contributed by atoms with Gasteiger partial charge >= 0.3 is 0 Å². The quantitative estimate of drug-likeness (QED) is 0.560. The zero-order valence-electron chi connectivity index (χ0n) is 11.0. The van der Waals surface area contributed by atoms with Gasteiger partial charge < -0.3 is 0 Å². The van der Waals surface area contributed by atoms with E-state index in [9.17, 15) is 9.59 Å². The van der Waals surface area contributed by atoms with Gasteiger partial charge in [0.2, 0.25) is 11.8 Å². The van der Waals surface area contributed by atoms with Crippen molar-refractivity contribution in [2.75, 3.05) is 0 Å². The number of likely N-dealkylation sites (tertiary alicyclic amines) is 1. The van der Waals surface area contributed by atoms with E-state index in [1.54, 1.807) is 12.2 Å². The van der Waals surface area contributed by atoms with Crippen LogP contribution in [-0.2, 0) is 9.59 Å². The molecular formula is C16H19NO2. The first kappa shape index (κ1) is 12.4. The summed E-state index contributed by atoms with van der Waals surface area (Å²) in [6.07, 6.45) is 10.1. The summed E-state index contributed by atoms with van der Waals surface area (Å²) in [5.74, 6) is 0.425. The highest BCUT2D eigenvalue weighted by Gasteiger charge is 2.60. The van der Waals surface area contributed by atoms with Crippen LogP contribution in [0.1, 0.15) is 19.3 Å². The van der Waals surface area contributed by atoms with Crippen molar-refractivity contribution < 1.29 is 9.59 Å². The van der Waals surface area contributed by atoms with Gasteiger partial charge in [-0.2, -0.15) is 0 Å². The summed E-state index contributed by atoms with van der Waals surface area (Å²) >= 11 is 0. The van der Waals surface area contributed by atoms with Crippen LogP contribution in [0.5, 0.6) is 0 Å². The minimum absolute atomic E-state index is 0.0283. The summed E-state index contributed by atoms with van der Waals surface area (Å²) in [6.45, 7) is 7.45. The van der Waals surface area contributed by atoms with Crippen molar-refractivity contribution >= 4 is 11.8 Å². The van der Waals surface area contributed by atoms with E-state index in [2.05, 4.69) is 25.3 Å². The first-order valence-corrected chi connectivity index (χ1v) is 6.96. The normalized spacial score (nSPS) is 35.3. The molecule has 4 atom stereocenters. The minimum Gasteiger partial charge on any atom is -0.278 e. The molecule has 0 spiro atoms. The van der Waals surface area contributed by atoms with Crippen LogP contribution in [-0.4, -0.2) is 22.8 Å². The molecule has 19 heavy (non-hydrogen) atoms. The van der Waals surface area contributed by atoms with Crippen molar-refractivity contribution in [2.45, 2.75) is 25.3 Å². The number of amides is 2. The Hall–Kier alpha value is -1.64. The number of rotatable bonds is 5. The SMILES string of the molecule is C=CCC(CC=C)N1C(=O)C2C3C=CC(C3)C2C1=O. The molecule has 1 heterocycles. The van der Waals surface area contributed by atoms with Crippen molar-refractivity contribution in [3.05, 3.63) is 37.5 Å². The Kier molecular flexibility index (Phi) is 2.92. The molecule has 0 aromatic heterocycles. The maximum atomic E-state index is 12.6. The third kappa shape index (κ3) is 1.64. The number of fused-ring (bicyclic) bond motifs is 5. The second-order valence-electron chi connectivity index (χ2n) is 5.75. The van der Waals surface area contributed by atoms with Gasteiger partial charge in [0.05, 0.1) is 11.8 Å². The smallest absolute Gasteiger partial charge is 0.233 e. The summed E-state index contributed by atoms with van der Waals surface area (Å²) in [5.41, 5.74) is 0. The number of imide groups is 1. The fraction of sp³-hybridized carbons (Fsp3) is 0.500. The van der Waals surface area contributed by atoms with Crippen LogP contribution in [0.2, 0.25) is 0 Å². The standard InChI is InChI=1S/C16H19NO2/c1-3-5-12(6-4-2)17-15(18)13-10-7-8-11(9-10)14(13)16(17)19/h3-4,7-8,10-14H,1-2,5-6,9H2. The van der Waals surface area contributed by atoms with Gasteiger partial charge in [-0.1, -0.05) is 24.3 Å². The number of allylic oxidation sites excluding steroid dienone is 2. The van der Waals surface area contributed by atoms with E-state index < -0.39 is 0 Å². The fourth-order valence-electron chi connectivity index (χ4n) is 3.98. The van der Waals surface area contributed by atoms with Gasteiger partial charge in [0, 0.05) is 6.04 Å². The largest absolute Gasteiger partial charge is 0.278 e. The van der Waals surface area contributed by atoms with Crippen LogP contribution in [0.3, 0.4) is 0 Å². The maximum Gasteiger partial charge on any atom is 0.233 e. The summed E-state index contributed by atoms with van der Waals surface area (Å²) < 4.78 is 0. The van der Waals surface area contributed by atoms with Gasteiger partial charge in [-0.05, 0) is 31.1 Å². The molecule has 2 bridgehead atoms. The van der Waals surface area contributed by atoms with Crippen molar-refractivity contribution in [1.82, 2.24) is 4.90 Å². The van der Waals surface area contributed by atoms with Gasteiger partial charge in [0.15, 0.2) is 0 Å². The number of hydrogen-bond donors (Lipinski definition) is 0. The van der Waals surface area contributed by atoms with Crippen LogP contribution in [0, 0.1) is 23.7 Å². The topological polar surface area (TPSA) is 37.4 Å². The molecule has 0 radical (unpaired) electrons. The Bertz CT molecular complexity index is 439. The molecule has 3 heteroatoms.